The summed E-state index contributed by atoms with van der Waals surface area (Å²) < 4.78 is 15.6. The van der Waals surface area contributed by atoms with Crippen LogP contribution in [0.3, 0.4) is 0 Å². The van der Waals surface area contributed by atoms with E-state index in [0.717, 1.165) is 11.8 Å². The Morgan fingerprint density at radius 2 is 1.67 bits per heavy atom. The number of benzene rings is 1. The quantitative estimate of drug-likeness (QED) is 0.786. The van der Waals surface area contributed by atoms with Crippen LogP contribution < -0.4 is 14.2 Å². The third-order valence-corrected chi connectivity index (χ3v) is 3.77. The number of ether oxygens (including phenoxy) is 3. The van der Waals surface area contributed by atoms with Crippen LogP contribution in [-0.2, 0) is 4.79 Å². The molecule has 2 N–H and O–H groups in total. The molecule has 0 aliphatic rings. The summed E-state index contributed by atoms with van der Waals surface area (Å²) in [6.07, 6.45) is -2.24. The van der Waals surface area contributed by atoms with Gasteiger partial charge in [-0.1, -0.05) is 11.8 Å². The molecule has 1 rings (SSSR count). The largest absolute Gasteiger partial charge is 0.493 e. The Balaban J connectivity index is 3.03. The molecule has 118 valence electrons. The first-order valence-corrected chi connectivity index (χ1v) is 7.22. The van der Waals surface area contributed by atoms with E-state index in [2.05, 4.69) is 0 Å². The molecule has 0 radical (unpaired) electrons. The van der Waals surface area contributed by atoms with Crippen molar-refractivity contribution in [2.45, 2.75) is 19.1 Å². The Bertz CT molecular complexity index is 465. The monoisotopic (exact) mass is 316 g/mol. The number of methoxy groups -OCH3 is 3. The van der Waals surface area contributed by atoms with E-state index in [9.17, 15) is 15.0 Å². The van der Waals surface area contributed by atoms with E-state index in [0.29, 0.717) is 22.8 Å². The van der Waals surface area contributed by atoms with Crippen LogP contribution in [0, 0.1) is 0 Å². The van der Waals surface area contributed by atoms with Crippen molar-refractivity contribution in [3.05, 3.63) is 17.7 Å². The lowest BCUT2D eigenvalue weighted by Crippen LogP contribution is -2.21. The number of hydrogen-bond acceptors (Lipinski definition) is 7. The van der Waals surface area contributed by atoms with Gasteiger partial charge in [-0.15, -0.1) is 0 Å². The van der Waals surface area contributed by atoms with Gasteiger partial charge in [0.05, 0.1) is 27.4 Å². The molecule has 0 saturated carbocycles. The third-order valence-electron chi connectivity index (χ3n) is 2.85. The van der Waals surface area contributed by atoms with Crippen molar-refractivity contribution in [2.24, 2.45) is 0 Å². The van der Waals surface area contributed by atoms with E-state index in [-0.39, 0.29) is 10.9 Å². The third kappa shape index (κ3) is 4.52. The zero-order valence-corrected chi connectivity index (χ0v) is 13.3. The molecule has 2 unspecified atom stereocenters. The molecule has 2 atom stereocenters. The average Bonchev–Trinajstić information content (AvgIpc) is 2.49. The topological polar surface area (TPSA) is 85.2 Å². The fraction of sp³-hybridized carbons (Fsp3) is 0.500. The SMILES string of the molecule is COc1cc(C(O)C(O)CSC(C)=O)cc(OC)c1OC. The molecule has 0 aliphatic carbocycles. The highest BCUT2D eigenvalue weighted by Crippen LogP contribution is 2.40. The molecule has 1 aromatic rings. The van der Waals surface area contributed by atoms with E-state index < -0.39 is 12.2 Å². The van der Waals surface area contributed by atoms with Crippen molar-refractivity contribution < 1.29 is 29.2 Å². The fourth-order valence-corrected chi connectivity index (χ4v) is 2.38. The molecule has 0 aliphatic heterocycles. The lowest BCUT2D eigenvalue weighted by atomic mass is 10.0. The van der Waals surface area contributed by atoms with Crippen molar-refractivity contribution >= 4 is 16.9 Å². The van der Waals surface area contributed by atoms with Crippen LogP contribution >= 0.6 is 11.8 Å². The minimum atomic E-state index is -1.16. The Morgan fingerprint density at radius 3 is 2.05 bits per heavy atom. The lowest BCUT2D eigenvalue weighted by molar-refractivity contribution is -0.109. The highest BCUT2D eigenvalue weighted by Gasteiger charge is 2.23. The summed E-state index contributed by atoms with van der Waals surface area (Å²) in [4.78, 5) is 10.9. The minimum absolute atomic E-state index is 0.104. The predicted octanol–water partition coefficient (Wildman–Crippen LogP) is 1.39. The maximum absolute atomic E-state index is 10.9. The number of aliphatic hydroxyl groups excluding tert-OH is 2. The molecule has 0 aromatic heterocycles. The van der Waals surface area contributed by atoms with Gasteiger partial charge in [0, 0.05) is 12.7 Å². The number of aliphatic hydroxyl groups is 2. The van der Waals surface area contributed by atoms with Crippen molar-refractivity contribution in [1.29, 1.82) is 0 Å². The molecule has 0 heterocycles. The molecule has 0 fully saturated rings. The van der Waals surface area contributed by atoms with Gasteiger partial charge < -0.3 is 24.4 Å². The van der Waals surface area contributed by atoms with Gasteiger partial charge in [0.1, 0.15) is 6.10 Å². The van der Waals surface area contributed by atoms with E-state index in [1.54, 1.807) is 12.1 Å². The normalized spacial score (nSPS) is 13.4. The van der Waals surface area contributed by atoms with Crippen LogP contribution in [0.5, 0.6) is 17.2 Å². The second kappa shape index (κ2) is 8.11. The number of carbonyl (C=O) groups is 1. The summed E-state index contributed by atoms with van der Waals surface area (Å²) in [6, 6.07) is 3.13. The Hall–Kier alpha value is -1.44. The average molecular weight is 316 g/mol. The summed E-state index contributed by atoms with van der Waals surface area (Å²) in [6.45, 7) is 1.41. The number of hydrogen-bond donors (Lipinski definition) is 2. The molecule has 6 nitrogen and oxygen atoms in total. The first kappa shape index (κ1) is 17.6. The zero-order valence-electron chi connectivity index (χ0n) is 12.5. The van der Waals surface area contributed by atoms with Gasteiger partial charge in [0.15, 0.2) is 16.6 Å². The van der Waals surface area contributed by atoms with Gasteiger partial charge in [-0.2, -0.15) is 0 Å². The van der Waals surface area contributed by atoms with E-state index in [1.807, 2.05) is 0 Å². The summed E-state index contributed by atoms with van der Waals surface area (Å²) in [5.74, 6) is 1.28. The predicted molar refractivity (Wildman–Crippen MR) is 80.2 cm³/mol. The van der Waals surface area contributed by atoms with Crippen LogP contribution in [0.2, 0.25) is 0 Å². The van der Waals surface area contributed by atoms with Crippen LogP contribution in [0.4, 0.5) is 0 Å². The Morgan fingerprint density at radius 1 is 1.14 bits per heavy atom. The van der Waals surface area contributed by atoms with Crippen LogP contribution in [0.25, 0.3) is 0 Å². The van der Waals surface area contributed by atoms with E-state index in [1.165, 1.54) is 28.3 Å². The number of thioether (sulfide) groups is 1. The highest BCUT2D eigenvalue weighted by molar-refractivity contribution is 8.13. The van der Waals surface area contributed by atoms with Crippen LogP contribution in [0.1, 0.15) is 18.6 Å². The van der Waals surface area contributed by atoms with Gasteiger partial charge >= 0.3 is 0 Å². The number of rotatable bonds is 7. The molecule has 0 bridgehead atoms. The smallest absolute Gasteiger partial charge is 0.203 e. The first-order valence-electron chi connectivity index (χ1n) is 6.24. The van der Waals surface area contributed by atoms with Crippen molar-refractivity contribution in [3.8, 4) is 17.2 Å². The van der Waals surface area contributed by atoms with E-state index in [4.69, 9.17) is 14.2 Å². The van der Waals surface area contributed by atoms with Crippen molar-refractivity contribution in [1.82, 2.24) is 0 Å². The Labute approximate surface area is 128 Å². The fourth-order valence-electron chi connectivity index (χ4n) is 1.79. The maximum Gasteiger partial charge on any atom is 0.203 e. The van der Waals surface area contributed by atoms with Gasteiger partial charge in [-0.3, -0.25) is 4.79 Å². The molecule has 0 saturated heterocycles. The molecule has 0 amide bonds. The van der Waals surface area contributed by atoms with Crippen molar-refractivity contribution in [3.63, 3.8) is 0 Å². The summed E-state index contributed by atoms with van der Waals surface area (Å²) >= 11 is 0.954. The molecular weight excluding hydrogens is 296 g/mol. The second-order valence-corrected chi connectivity index (χ2v) is 5.47. The van der Waals surface area contributed by atoms with Crippen LogP contribution in [0.15, 0.2) is 12.1 Å². The van der Waals surface area contributed by atoms with Crippen LogP contribution in [-0.4, -0.2) is 48.5 Å². The maximum atomic E-state index is 10.9. The molecular formula is C14H20O6S. The molecule has 0 spiro atoms. The first-order chi connectivity index (χ1) is 9.94. The minimum Gasteiger partial charge on any atom is -0.493 e. The van der Waals surface area contributed by atoms with Crippen molar-refractivity contribution in [2.75, 3.05) is 27.1 Å². The molecule has 7 heteroatoms. The molecule has 1 aromatic carbocycles. The number of carbonyl (C=O) groups excluding carboxylic acids is 1. The van der Waals surface area contributed by atoms with Gasteiger partial charge in [0.2, 0.25) is 5.75 Å². The standard InChI is InChI=1S/C14H20O6S/c1-8(15)21-7-10(16)13(17)9-5-11(18-2)14(20-4)12(6-9)19-3/h5-6,10,13,16-17H,7H2,1-4H3. The summed E-state index contributed by atoms with van der Waals surface area (Å²) in [7, 11) is 4.42. The second-order valence-electron chi connectivity index (χ2n) is 4.27. The molecule has 21 heavy (non-hydrogen) atoms. The summed E-state index contributed by atoms with van der Waals surface area (Å²) in [5, 5.41) is 20.0. The highest BCUT2D eigenvalue weighted by atomic mass is 32.2. The lowest BCUT2D eigenvalue weighted by Gasteiger charge is -2.20. The zero-order chi connectivity index (χ0) is 16.0. The van der Waals surface area contributed by atoms with Gasteiger partial charge in [-0.25, -0.2) is 0 Å². The van der Waals surface area contributed by atoms with E-state index >= 15 is 0 Å². The summed E-state index contributed by atoms with van der Waals surface area (Å²) in [5.41, 5.74) is 0.418. The van der Waals surface area contributed by atoms with Gasteiger partial charge in [0.25, 0.3) is 0 Å². The van der Waals surface area contributed by atoms with Gasteiger partial charge in [-0.05, 0) is 17.7 Å². The Kier molecular flexibility index (Phi) is 6.80.